The Morgan fingerprint density at radius 2 is 1.14 bits per heavy atom. The number of halogens is 11. The summed E-state index contributed by atoms with van der Waals surface area (Å²) in [5, 5.41) is 0. The van der Waals surface area contributed by atoms with Crippen LogP contribution in [0.3, 0.4) is 0 Å². The lowest BCUT2D eigenvalue weighted by Crippen LogP contribution is -2.62. The zero-order chi connectivity index (χ0) is 17.5. The number of carbonyl (C=O) groups excluding carboxylic acids is 1. The molecule has 13 heteroatoms. The summed E-state index contributed by atoms with van der Waals surface area (Å²) in [6.45, 7) is 3.12. The molecule has 0 amide bonds. The molecule has 0 saturated carbocycles. The minimum Gasteiger partial charge on any atom is -0.422 e. The molecule has 0 unspecified atom stereocenters. The number of hydrogen-bond donors (Lipinski definition) is 0. The van der Waals surface area contributed by atoms with Crippen molar-refractivity contribution in [1.29, 1.82) is 0 Å². The summed E-state index contributed by atoms with van der Waals surface area (Å²) in [6.07, 6.45) is 0.719. The second kappa shape index (κ2) is 7.33. The number of hydrogen-bond acceptors (Lipinski definition) is 2. The first kappa shape index (κ1) is 23.4. The van der Waals surface area contributed by atoms with Crippen LogP contribution in [0.15, 0.2) is 12.7 Å². The standard InChI is InChI=1S/C8H3Cl11O2/c1-2-3(20)21-8(18,19)6(13,14)4(9,10)5(11,12)7(15,16)17/h2H,1H2. The molecule has 0 aliphatic heterocycles. The fourth-order valence-corrected chi connectivity index (χ4v) is 3.52. The number of esters is 1. The van der Waals surface area contributed by atoms with Crippen molar-refractivity contribution >= 4 is 134 Å². The van der Waals surface area contributed by atoms with Crippen molar-refractivity contribution < 1.29 is 9.53 Å². The average molecular weight is 521 g/mol. The zero-order valence-electron chi connectivity index (χ0n) is 9.26. The molecule has 0 fully saturated rings. The monoisotopic (exact) mass is 516 g/mol. The molecule has 0 bridgehead atoms. The van der Waals surface area contributed by atoms with Crippen LogP contribution in [0.4, 0.5) is 0 Å². The summed E-state index contributed by atoms with van der Waals surface area (Å²) in [5.41, 5.74) is 0. The molecule has 0 N–H and O–H groups in total. The molecule has 0 aromatic heterocycles. The molecular formula is C8H3Cl11O2. The van der Waals surface area contributed by atoms with E-state index < -0.39 is 27.3 Å². The smallest absolute Gasteiger partial charge is 0.332 e. The van der Waals surface area contributed by atoms with Gasteiger partial charge in [-0.05, 0) is 0 Å². The van der Waals surface area contributed by atoms with Crippen LogP contribution in [0.1, 0.15) is 0 Å². The predicted octanol–water partition coefficient (Wildman–Crippen LogP) is 6.74. The Balaban J connectivity index is 5.88. The van der Waals surface area contributed by atoms with E-state index in [-0.39, 0.29) is 0 Å². The van der Waals surface area contributed by atoms with Crippen LogP contribution in [0.2, 0.25) is 0 Å². The molecular weight excluding hydrogens is 518 g/mol. The Kier molecular flexibility index (Phi) is 8.17. The van der Waals surface area contributed by atoms with Gasteiger partial charge in [-0.2, -0.15) is 0 Å². The average Bonchev–Trinajstić information content (AvgIpc) is 2.25. The summed E-state index contributed by atoms with van der Waals surface area (Å²) in [4.78, 5) is 11.2. The summed E-state index contributed by atoms with van der Waals surface area (Å²) in [5.74, 6) is -1.10. The largest absolute Gasteiger partial charge is 0.422 e. The molecule has 0 atom stereocenters. The molecule has 0 aromatic rings. The third kappa shape index (κ3) is 4.52. The van der Waals surface area contributed by atoms with Crippen molar-refractivity contribution in [3.8, 4) is 0 Å². The minimum atomic E-state index is -2.74. The molecule has 0 aromatic carbocycles. The van der Waals surface area contributed by atoms with Crippen LogP contribution in [-0.4, -0.2) is 27.3 Å². The minimum absolute atomic E-state index is 0.719. The van der Waals surface area contributed by atoms with Crippen molar-refractivity contribution in [2.45, 2.75) is 21.3 Å². The third-order valence-corrected chi connectivity index (χ3v) is 8.59. The van der Waals surface area contributed by atoms with E-state index in [1.807, 2.05) is 0 Å². The SMILES string of the molecule is C=CC(=O)OC(Cl)(Cl)C(Cl)(Cl)C(Cl)(Cl)C(Cl)(Cl)C(Cl)(Cl)Cl. The summed E-state index contributed by atoms with van der Waals surface area (Å²) in [6, 6.07) is 0. The number of alkyl halides is 11. The molecule has 124 valence electrons. The maximum Gasteiger partial charge on any atom is 0.332 e. The van der Waals surface area contributed by atoms with E-state index in [0.717, 1.165) is 6.08 Å². The quantitative estimate of drug-likeness (QED) is 0.228. The van der Waals surface area contributed by atoms with E-state index >= 15 is 0 Å². The normalized spacial score (nSPS) is 14.8. The molecule has 2 nitrogen and oxygen atoms in total. The van der Waals surface area contributed by atoms with Gasteiger partial charge in [-0.15, -0.1) is 0 Å². The summed E-state index contributed by atoms with van der Waals surface area (Å²) < 4.78 is -8.73. The highest BCUT2D eigenvalue weighted by atomic mass is 35.6. The third-order valence-electron chi connectivity index (χ3n) is 1.91. The Labute approximate surface area is 175 Å². The summed E-state index contributed by atoms with van der Waals surface area (Å²) >= 11 is 63.4. The first-order valence-electron chi connectivity index (χ1n) is 4.39. The number of carbonyl (C=O) groups is 1. The van der Waals surface area contributed by atoms with Crippen LogP contribution in [-0.2, 0) is 9.53 Å². The predicted molar refractivity (Wildman–Crippen MR) is 94.3 cm³/mol. The maximum absolute atomic E-state index is 11.2. The lowest BCUT2D eigenvalue weighted by molar-refractivity contribution is -0.142. The molecule has 21 heavy (non-hydrogen) atoms. The van der Waals surface area contributed by atoms with E-state index in [1.165, 1.54) is 0 Å². The van der Waals surface area contributed by atoms with Crippen LogP contribution in [0.5, 0.6) is 0 Å². The van der Waals surface area contributed by atoms with E-state index in [2.05, 4.69) is 11.3 Å². The molecule has 0 aliphatic carbocycles. The molecule has 0 saturated heterocycles. The second-order valence-electron chi connectivity index (χ2n) is 3.36. The van der Waals surface area contributed by atoms with Gasteiger partial charge in [0.05, 0.1) is 0 Å². The summed E-state index contributed by atoms with van der Waals surface area (Å²) in [7, 11) is 0. The van der Waals surface area contributed by atoms with E-state index in [9.17, 15) is 4.79 Å². The van der Waals surface area contributed by atoms with Gasteiger partial charge in [0.1, 0.15) is 0 Å². The highest BCUT2D eigenvalue weighted by Crippen LogP contribution is 2.66. The molecule has 0 aliphatic rings. The molecule has 0 heterocycles. The molecule has 0 rings (SSSR count). The van der Waals surface area contributed by atoms with Crippen LogP contribution >= 0.6 is 128 Å². The Hall–Kier alpha value is 2.40. The number of ether oxygens (including phenoxy) is 1. The Morgan fingerprint density at radius 1 is 0.762 bits per heavy atom. The maximum atomic E-state index is 11.2. The first-order valence-corrected chi connectivity index (χ1v) is 8.55. The van der Waals surface area contributed by atoms with Gasteiger partial charge in [-0.3, -0.25) is 0 Å². The highest BCUT2D eigenvalue weighted by molar-refractivity contribution is 6.81. The fraction of sp³-hybridized carbons (Fsp3) is 0.625. The van der Waals surface area contributed by atoms with Gasteiger partial charge < -0.3 is 4.74 Å². The lowest BCUT2D eigenvalue weighted by atomic mass is 10.2. The van der Waals surface area contributed by atoms with Gasteiger partial charge in [-0.1, -0.05) is 134 Å². The van der Waals surface area contributed by atoms with E-state index in [1.54, 1.807) is 0 Å². The second-order valence-corrected chi connectivity index (χ2v) is 10.9. The highest BCUT2D eigenvalue weighted by Gasteiger charge is 2.74. The van der Waals surface area contributed by atoms with E-state index in [4.69, 9.17) is 128 Å². The van der Waals surface area contributed by atoms with E-state index in [0.29, 0.717) is 0 Å². The zero-order valence-corrected chi connectivity index (χ0v) is 17.6. The van der Waals surface area contributed by atoms with Gasteiger partial charge in [-0.25, -0.2) is 4.79 Å². The van der Waals surface area contributed by atoms with Crippen molar-refractivity contribution in [1.82, 2.24) is 0 Å². The van der Waals surface area contributed by atoms with Crippen molar-refractivity contribution in [2.24, 2.45) is 0 Å². The van der Waals surface area contributed by atoms with Crippen molar-refractivity contribution in [3.05, 3.63) is 12.7 Å². The molecule has 0 spiro atoms. The topological polar surface area (TPSA) is 26.3 Å². The van der Waals surface area contributed by atoms with Crippen molar-refractivity contribution in [3.63, 3.8) is 0 Å². The van der Waals surface area contributed by atoms with Crippen LogP contribution in [0, 0.1) is 0 Å². The lowest BCUT2D eigenvalue weighted by Gasteiger charge is -2.46. The van der Waals surface area contributed by atoms with Crippen LogP contribution in [0.25, 0.3) is 0 Å². The first-order chi connectivity index (χ1) is 8.95. The number of rotatable bonds is 5. The van der Waals surface area contributed by atoms with Gasteiger partial charge in [0.15, 0.2) is 4.33 Å². The molecule has 0 radical (unpaired) electrons. The van der Waals surface area contributed by atoms with Gasteiger partial charge in [0.2, 0.25) is 12.5 Å². The van der Waals surface area contributed by atoms with Gasteiger partial charge >= 0.3 is 5.97 Å². The van der Waals surface area contributed by atoms with Gasteiger partial charge in [0.25, 0.3) is 4.52 Å². The van der Waals surface area contributed by atoms with Crippen LogP contribution < -0.4 is 0 Å². The Bertz CT molecular complexity index is 422. The Morgan fingerprint density at radius 3 is 1.43 bits per heavy atom. The van der Waals surface area contributed by atoms with Crippen molar-refractivity contribution in [2.75, 3.05) is 0 Å². The van der Waals surface area contributed by atoms with Gasteiger partial charge in [0, 0.05) is 6.08 Å². The fourth-order valence-electron chi connectivity index (χ4n) is 0.790.